The molecule has 7 aromatic carbocycles. The summed E-state index contributed by atoms with van der Waals surface area (Å²) in [6.07, 6.45) is 0.0918. The molecule has 0 aliphatic heterocycles. The number of hydrogen-bond donors (Lipinski definition) is 4. The van der Waals surface area contributed by atoms with Crippen LogP contribution in [0.25, 0.3) is 0 Å². The second-order valence-corrected chi connectivity index (χ2v) is 20.2. The molecule has 7 aromatic rings. The van der Waals surface area contributed by atoms with Crippen LogP contribution in [-0.4, -0.2) is 47.4 Å². The maximum absolute atomic E-state index is 13.4. The van der Waals surface area contributed by atoms with Crippen LogP contribution < -0.4 is 10.6 Å². The molecule has 7 rings (SSSR count). The van der Waals surface area contributed by atoms with Gasteiger partial charge in [0, 0.05) is 76.9 Å². The van der Waals surface area contributed by atoms with Crippen molar-refractivity contribution in [2.75, 3.05) is 10.6 Å². The highest BCUT2D eigenvalue weighted by atomic mass is 32.2. The van der Waals surface area contributed by atoms with Crippen LogP contribution in [0.5, 0.6) is 0 Å². The molecule has 364 valence electrons. The highest BCUT2D eigenvalue weighted by Gasteiger charge is 2.28. The first-order chi connectivity index (χ1) is 33.4. The van der Waals surface area contributed by atoms with Gasteiger partial charge in [-0.15, -0.1) is 0 Å². The largest absolute Gasteiger partial charge is 0.355 e. The molecule has 0 bridgehead atoms. The third kappa shape index (κ3) is 11.3. The van der Waals surface area contributed by atoms with E-state index in [1.54, 1.807) is 48.5 Å². The maximum atomic E-state index is 13.4. The van der Waals surface area contributed by atoms with Crippen LogP contribution in [0.2, 0.25) is 0 Å². The van der Waals surface area contributed by atoms with Crippen molar-refractivity contribution in [3.63, 3.8) is 0 Å². The molecular weight excluding hydrogens is 949 g/mol. The molecule has 0 spiro atoms. The molecule has 0 fully saturated rings. The van der Waals surface area contributed by atoms with Gasteiger partial charge < -0.3 is 10.6 Å². The van der Waals surface area contributed by atoms with E-state index in [-0.39, 0.29) is 41.3 Å². The number of carbonyl (C=O) groups excluding carboxylic acids is 2. The topological polar surface area (TPSA) is 253 Å². The Bertz CT molecular complexity index is 3330. The molecule has 0 saturated carbocycles. The number of nitro benzene ring substituents is 2. The molecule has 0 saturated heterocycles. The van der Waals surface area contributed by atoms with Crippen LogP contribution in [-0.2, 0) is 33.1 Å². The zero-order chi connectivity index (χ0) is 51.7. The Labute approximate surface area is 410 Å². The predicted octanol–water partition coefficient (Wildman–Crippen LogP) is 11.4. The molecule has 0 aliphatic carbocycles. The van der Waals surface area contributed by atoms with E-state index >= 15 is 0 Å². The minimum absolute atomic E-state index is 0.0152. The fourth-order valence-electron chi connectivity index (χ4n) is 8.94. The number of ketones is 2. The van der Waals surface area contributed by atoms with Crippen LogP contribution in [0.1, 0.15) is 87.8 Å². The third-order valence-corrected chi connectivity index (χ3v) is 14.4. The summed E-state index contributed by atoms with van der Waals surface area (Å²) in [6, 6.07) is 31.9. The number of hydrogen-bond acceptors (Lipinski definition) is 12. The van der Waals surface area contributed by atoms with Crippen molar-refractivity contribution in [3.05, 3.63) is 220 Å². The summed E-state index contributed by atoms with van der Waals surface area (Å²) in [6.45, 7) is 11.4. The summed E-state index contributed by atoms with van der Waals surface area (Å²) in [5.74, 6) is -1.35. The predicted molar refractivity (Wildman–Crippen MR) is 270 cm³/mol. The number of benzene rings is 7. The minimum Gasteiger partial charge on any atom is -0.355 e. The molecule has 0 unspecified atom stereocenters. The van der Waals surface area contributed by atoms with Gasteiger partial charge in [-0.25, -0.2) is 0 Å². The van der Waals surface area contributed by atoms with Gasteiger partial charge in [-0.3, -0.25) is 38.9 Å². The molecular formula is C53H48N4O12S2. The lowest BCUT2D eigenvalue weighted by atomic mass is 9.85. The average molecular weight is 997 g/mol. The van der Waals surface area contributed by atoms with Gasteiger partial charge >= 0.3 is 0 Å². The van der Waals surface area contributed by atoms with Gasteiger partial charge in [0.15, 0.2) is 11.6 Å². The van der Waals surface area contributed by atoms with Crippen LogP contribution in [0, 0.1) is 61.8 Å². The summed E-state index contributed by atoms with van der Waals surface area (Å²) < 4.78 is 70.6. The number of nitrogens with one attached hydrogen (secondary N) is 2. The number of anilines is 4. The van der Waals surface area contributed by atoms with Gasteiger partial charge in [0.25, 0.3) is 31.6 Å². The number of rotatable bonds is 17. The van der Waals surface area contributed by atoms with Crippen molar-refractivity contribution < 1.29 is 45.4 Å². The lowest BCUT2D eigenvalue weighted by Crippen LogP contribution is -2.12. The first-order valence-electron chi connectivity index (χ1n) is 22.0. The van der Waals surface area contributed by atoms with E-state index in [1.165, 1.54) is 54.6 Å². The zero-order valence-electron chi connectivity index (χ0n) is 39.3. The van der Waals surface area contributed by atoms with Gasteiger partial charge in [0.2, 0.25) is 0 Å². The molecule has 0 aliphatic rings. The molecule has 4 N–H and O–H groups in total. The maximum Gasteiger partial charge on any atom is 0.294 e. The minimum atomic E-state index is -5.08. The van der Waals surface area contributed by atoms with Crippen molar-refractivity contribution in [2.45, 2.75) is 70.1 Å². The summed E-state index contributed by atoms with van der Waals surface area (Å²) in [4.78, 5) is 46.5. The second kappa shape index (κ2) is 20.2. The Hall–Kier alpha value is -7.90. The number of Topliss-reactive ketones (excluding diaryl/α,β-unsaturated/α-hetero) is 2. The SMILES string of the molecule is Cc1cc(C)c(Nc2ccc(C(c3ccc(Nc4c(C)cc(C)c(CC(=O)c5ccc([N+](=O)[O-])cc5)c4C)cc3)c3ccc(S(=O)(=O)O)cc3S(=O)(=O)O)cc2)c(C)c1CC(=O)c1ccc([N+](=O)[O-])cc1. The van der Waals surface area contributed by atoms with Gasteiger partial charge in [-0.1, -0.05) is 42.5 Å². The molecule has 0 heterocycles. The fraction of sp³-hybridized carbons (Fsp3) is 0.170. The zero-order valence-corrected chi connectivity index (χ0v) is 40.9. The number of aryl methyl sites for hydroxylation is 4. The summed E-state index contributed by atoms with van der Waals surface area (Å²) in [7, 11) is -9.95. The van der Waals surface area contributed by atoms with E-state index in [0.29, 0.717) is 39.7 Å². The number of non-ortho nitro benzene ring substituents is 2. The normalized spacial score (nSPS) is 11.6. The molecule has 0 radical (unpaired) electrons. The van der Waals surface area contributed by atoms with Crippen LogP contribution in [0.3, 0.4) is 0 Å². The van der Waals surface area contributed by atoms with E-state index in [9.17, 15) is 55.8 Å². The lowest BCUT2D eigenvalue weighted by molar-refractivity contribution is -0.385. The first-order valence-corrected chi connectivity index (χ1v) is 24.9. The second-order valence-electron chi connectivity index (χ2n) is 17.4. The summed E-state index contributed by atoms with van der Waals surface area (Å²) in [5, 5.41) is 29.2. The van der Waals surface area contributed by atoms with Crippen molar-refractivity contribution in [2.24, 2.45) is 0 Å². The molecule has 0 atom stereocenters. The molecule has 18 heteroatoms. The van der Waals surface area contributed by atoms with Gasteiger partial charge in [-0.2, -0.15) is 16.8 Å². The number of nitro groups is 2. The Morgan fingerprint density at radius 3 is 1.24 bits per heavy atom. The number of carbonyl (C=O) groups is 2. The monoisotopic (exact) mass is 996 g/mol. The van der Waals surface area contributed by atoms with Crippen molar-refractivity contribution in [3.8, 4) is 0 Å². The molecule has 16 nitrogen and oxygen atoms in total. The fourth-order valence-corrected chi connectivity index (χ4v) is 10.3. The lowest BCUT2D eigenvalue weighted by Gasteiger charge is -2.23. The Morgan fingerprint density at radius 2 is 0.901 bits per heavy atom. The molecule has 0 amide bonds. The molecule has 0 aromatic heterocycles. The Kier molecular flexibility index (Phi) is 14.5. The standard InChI is InChI=1S/C53H48N4O12S2/c1-30-25-32(3)52(34(5)46(30)28-48(58)36-11-19-42(20-12-36)56(60)61)54-40-15-7-38(8-16-40)51(45-24-23-44(70(64,65)66)27-50(45)71(67,68)69)39-9-17-41(18-10-39)55-53-33(4)26-31(2)47(35(53)6)29-49(59)37-13-21-43(22-14-37)57(62)63/h7-27,51,54-55H,28-29H2,1-6H3,(H,64,65,66)(H,67,68,69). The first kappa shape index (κ1) is 51.0. The highest BCUT2D eigenvalue weighted by Crippen LogP contribution is 2.40. The highest BCUT2D eigenvalue weighted by molar-refractivity contribution is 7.86. The van der Waals surface area contributed by atoms with Crippen molar-refractivity contribution >= 4 is 65.9 Å². The average Bonchev–Trinajstić information content (AvgIpc) is 3.32. The smallest absolute Gasteiger partial charge is 0.294 e. The van der Waals surface area contributed by atoms with Crippen LogP contribution in [0.4, 0.5) is 34.1 Å². The van der Waals surface area contributed by atoms with Gasteiger partial charge in [0.05, 0.1) is 19.6 Å². The summed E-state index contributed by atoms with van der Waals surface area (Å²) in [5.41, 5.74) is 11.0. The number of nitrogens with zero attached hydrogens (tertiary/aromatic N) is 2. The summed E-state index contributed by atoms with van der Waals surface area (Å²) >= 11 is 0. The van der Waals surface area contributed by atoms with Gasteiger partial charge in [0.1, 0.15) is 0 Å². The third-order valence-electron chi connectivity index (χ3n) is 12.6. The van der Waals surface area contributed by atoms with E-state index in [4.69, 9.17) is 0 Å². The molecule has 71 heavy (non-hydrogen) atoms. The van der Waals surface area contributed by atoms with Crippen molar-refractivity contribution in [1.82, 2.24) is 0 Å². The Morgan fingerprint density at radius 1 is 0.521 bits per heavy atom. The van der Waals surface area contributed by atoms with Crippen LogP contribution in [0.15, 0.2) is 137 Å². The van der Waals surface area contributed by atoms with Crippen molar-refractivity contribution in [1.29, 1.82) is 0 Å². The van der Waals surface area contributed by atoms with E-state index in [2.05, 4.69) is 10.6 Å². The van der Waals surface area contributed by atoms with E-state index < -0.39 is 45.8 Å². The van der Waals surface area contributed by atoms with E-state index in [0.717, 1.165) is 61.9 Å². The van der Waals surface area contributed by atoms with Crippen LogP contribution >= 0.6 is 0 Å². The van der Waals surface area contributed by atoms with Gasteiger partial charge in [-0.05, 0) is 163 Å². The Balaban J connectivity index is 1.21. The quantitative estimate of drug-likeness (QED) is 0.0218. The van der Waals surface area contributed by atoms with E-state index in [1.807, 2.05) is 53.7 Å².